The molecule has 1 heterocycles. The lowest BCUT2D eigenvalue weighted by Gasteiger charge is -1.82. The fourth-order valence-electron chi connectivity index (χ4n) is 0.448. The highest BCUT2D eigenvalue weighted by molar-refractivity contribution is 6.31. The Hall–Kier alpha value is -0.785. The van der Waals surface area contributed by atoms with Gasteiger partial charge >= 0.3 is 0 Å². The molecule has 0 aliphatic rings. The SMILES string of the molecule is Bc1cccnc1.CCCC. The average molecular weight is 149 g/mol. The van der Waals surface area contributed by atoms with Crippen LogP contribution in [0.25, 0.3) is 0 Å². The van der Waals surface area contributed by atoms with Crippen molar-refractivity contribution in [3.8, 4) is 0 Å². The maximum atomic E-state index is 3.88. The third-order valence-electron chi connectivity index (χ3n) is 1.31. The molecule has 0 radical (unpaired) electrons. The van der Waals surface area contributed by atoms with E-state index in [2.05, 4.69) is 18.8 Å². The van der Waals surface area contributed by atoms with E-state index in [1.165, 1.54) is 18.3 Å². The van der Waals surface area contributed by atoms with Gasteiger partial charge in [0.15, 0.2) is 0 Å². The van der Waals surface area contributed by atoms with Crippen molar-refractivity contribution in [2.75, 3.05) is 0 Å². The highest BCUT2D eigenvalue weighted by Gasteiger charge is 1.73. The Labute approximate surface area is 70.3 Å². The quantitative estimate of drug-likeness (QED) is 0.545. The van der Waals surface area contributed by atoms with E-state index >= 15 is 0 Å². The second-order valence-electron chi connectivity index (χ2n) is 2.53. The summed E-state index contributed by atoms with van der Waals surface area (Å²) in [5, 5.41) is 0. The van der Waals surface area contributed by atoms with E-state index in [1.807, 2.05) is 26.2 Å². The van der Waals surface area contributed by atoms with Crippen LogP contribution in [0.1, 0.15) is 26.7 Å². The van der Waals surface area contributed by atoms with E-state index in [1.54, 1.807) is 6.20 Å². The molecule has 1 nitrogen and oxygen atoms in total. The van der Waals surface area contributed by atoms with Crippen LogP contribution in [-0.2, 0) is 0 Å². The number of nitrogens with zero attached hydrogens (tertiary/aromatic N) is 1. The Balaban J connectivity index is 0.000000218. The lowest BCUT2D eigenvalue weighted by Crippen LogP contribution is -1.99. The molecule has 11 heavy (non-hydrogen) atoms. The third kappa shape index (κ3) is 7.11. The molecule has 0 amide bonds. The summed E-state index contributed by atoms with van der Waals surface area (Å²) in [5.41, 5.74) is 1.21. The minimum Gasteiger partial charge on any atom is -0.265 e. The molecule has 1 aromatic rings. The van der Waals surface area contributed by atoms with E-state index in [4.69, 9.17) is 0 Å². The number of rotatable bonds is 1. The molecule has 0 fully saturated rings. The summed E-state index contributed by atoms with van der Waals surface area (Å²) in [4.78, 5) is 3.88. The van der Waals surface area contributed by atoms with Crippen molar-refractivity contribution in [3.05, 3.63) is 24.5 Å². The third-order valence-corrected chi connectivity index (χ3v) is 1.31. The van der Waals surface area contributed by atoms with Crippen molar-refractivity contribution >= 4 is 13.3 Å². The molecule has 0 aromatic carbocycles. The summed E-state index contributed by atoms with van der Waals surface area (Å²) in [5.74, 6) is 0. The van der Waals surface area contributed by atoms with Gasteiger partial charge in [0.1, 0.15) is 7.85 Å². The van der Waals surface area contributed by atoms with E-state index in [0.29, 0.717) is 0 Å². The van der Waals surface area contributed by atoms with Crippen LogP contribution in [0, 0.1) is 0 Å². The van der Waals surface area contributed by atoms with Crippen molar-refractivity contribution in [1.82, 2.24) is 4.98 Å². The Morgan fingerprint density at radius 1 is 1.36 bits per heavy atom. The lowest BCUT2D eigenvalue weighted by molar-refractivity contribution is 0.886. The number of aromatic nitrogens is 1. The van der Waals surface area contributed by atoms with Gasteiger partial charge in [-0.2, -0.15) is 0 Å². The van der Waals surface area contributed by atoms with Crippen molar-refractivity contribution in [2.45, 2.75) is 26.7 Å². The minimum absolute atomic E-state index is 1.21. The molecular weight excluding hydrogens is 133 g/mol. The summed E-state index contributed by atoms with van der Waals surface area (Å²) in [7, 11) is 2.02. The fraction of sp³-hybridized carbons (Fsp3) is 0.444. The van der Waals surface area contributed by atoms with E-state index < -0.39 is 0 Å². The maximum Gasteiger partial charge on any atom is 0.141 e. The predicted octanol–water partition coefficient (Wildman–Crippen LogP) is 1.15. The lowest BCUT2D eigenvalue weighted by atomic mass is 10.00. The molecule has 0 atom stereocenters. The van der Waals surface area contributed by atoms with Gasteiger partial charge in [0.2, 0.25) is 0 Å². The van der Waals surface area contributed by atoms with Gasteiger partial charge in [-0.1, -0.05) is 38.2 Å². The number of unbranched alkanes of at least 4 members (excludes halogenated alkanes) is 1. The first kappa shape index (κ1) is 10.2. The van der Waals surface area contributed by atoms with Crippen LogP contribution in [0.2, 0.25) is 0 Å². The van der Waals surface area contributed by atoms with Gasteiger partial charge in [0, 0.05) is 12.4 Å². The molecular formula is C9H16BN. The van der Waals surface area contributed by atoms with Crippen LogP contribution in [-0.4, -0.2) is 12.8 Å². The highest BCUT2D eigenvalue weighted by atomic mass is 14.6. The standard InChI is InChI=1S/C5H6BN.C4H10/c6-5-2-1-3-7-4-5;1-3-4-2/h1-4H,6H2;3-4H2,1-2H3. The zero-order valence-corrected chi connectivity index (χ0v) is 7.67. The van der Waals surface area contributed by atoms with Crippen molar-refractivity contribution in [2.24, 2.45) is 0 Å². The van der Waals surface area contributed by atoms with Gasteiger partial charge in [-0.25, -0.2) is 0 Å². The summed E-state index contributed by atoms with van der Waals surface area (Å²) >= 11 is 0. The van der Waals surface area contributed by atoms with Gasteiger partial charge in [-0.3, -0.25) is 4.98 Å². The van der Waals surface area contributed by atoms with Crippen LogP contribution in [0.3, 0.4) is 0 Å². The molecule has 1 rings (SSSR count). The minimum atomic E-state index is 1.21. The smallest absolute Gasteiger partial charge is 0.141 e. The van der Waals surface area contributed by atoms with Gasteiger partial charge in [0.25, 0.3) is 0 Å². The van der Waals surface area contributed by atoms with E-state index in [0.717, 1.165) is 0 Å². The molecule has 60 valence electrons. The average Bonchev–Trinajstić information content (AvgIpc) is 2.07. The molecule has 1 aromatic heterocycles. The Morgan fingerprint density at radius 2 is 2.00 bits per heavy atom. The molecule has 0 saturated carbocycles. The Bertz CT molecular complexity index is 160. The van der Waals surface area contributed by atoms with Crippen LogP contribution >= 0.6 is 0 Å². The van der Waals surface area contributed by atoms with Crippen LogP contribution in [0.15, 0.2) is 24.5 Å². The topological polar surface area (TPSA) is 12.9 Å². The predicted molar refractivity (Wildman–Crippen MR) is 53.0 cm³/mol. The summed E-state index contributed by atoms with van der Waals surface area (Å²) < 4.78 is 0. The largest absolute Gasteiger partial charge is 0.265 e. The first-order chi connectivity index (χ1) is 5.31. The molecule has 0 aliphatic carbocycles. The van der Waals surface area contributed by atoms with E-state index in [9.17, 15) is 0 Å². The highest BCUT2D eigenvalue weighted by Crippen LogP contribution is 1.76. The molecule has 0 N–H and O–H groups in total. The van der Waals surface area contributed by atoms with Gasteiger partial charge in [0.05, 0.1) is 0 Å². The molecule has 0 unspecified atom stereocenters. The van der Waals surface area contributed by atoms with Gasteiger partial charge in [-0.05, 0) is 6.07 Å². The van der Waals surface area contributed by atoms with Crippen molar-refractivity contribution in [1.29, 1.82) is 0 Å². The normalized spacial score (nSPS) is 8.18. The monoisotopic (exact) mass is 149 g/mol. The number of pyridine rings is 1. The second-order valence-corrected chi connectivity index (χ2v) is 2.53. The van der Waals surface area contributed by atoms with Crippen LogP contribution < -0.4 is 5.46 Å². The van der Waals surface area contributed by atoms with Crippen molar-refractivity contribution in [3.63, 3.8) is 0 Å². The molecule has 0 aliphatic heterocycles. The van der Waals surface area contributed by atoms with Crippen molar-refractivity contribution < 1.29 is 0 Å². The zero-order valence-electron chi connectivity index (χ0n) is 7.67. The first-order valence-electron chi connectivity index (χ1n) is 4.17. The van der Waals surface area contributed by atoms with E-state index in [-0.39, 0.29) is 0 Å². The van der Waals surface area contributed by atoms with Gasteiger partial charge < -0.3 is 0 Å². The zero-order chi connectivity index (χ0) is 8.53. The summed E-state index contributed by atoms with van der Waals surface area (Å²) in [6.45, 7) is 4.36. The number of hydrogen-bond donors (Lipinski definition) is 0. The first-order valence-corrected chi connectivity index (χ1v) is 4.17. The fourth-order valence-corrected chi connectivity index (χ4v) is 0.448. The summed E-state index contributed by atoms with van der Waals surface area (Å²) in [6.07, 6.45) is 6.24. The molecule has 0 bridgehead atoms. The summed E-state index contributed by atoms with van der Waals surface area (Å²) in [6, 6.07) is 3.95. The van der Waals surface area contributed by atoms with Gasteiger partial charge in [-0.15, -0.1) is 0 Å². The Morgan fingerprint density at radius 3 is 2.18 bits per heavy atom. The molecule has 0 saturated heterocycles. The maximum absolute atomic E-state index is 3.88. The second kappa shape index (κ2) is 7.32. The van der Waals surface area contributed by atoms with Crippen LogP contribution in [0.5, 0.6) is 0 Å². The van der Waals surface area contributed by atoms with Crippen LogP contribution in [0.4, 0.5) is 0 Å². The molecule has 0 spiro atoms. The molecule has 2 heteroatoms. The Kier molecular flexibility index (Phi) is 6.80. The number of hydrogen-bond acceptors (Lipinski definition) is 1.